The van der Waals surface area contributed by atoms with E-state index in [1.165, 1.54) is 12.1 Å². The molecule has 0 aliphatic heterocycles. The number of nitrogens with zero attached hydrogens (tertiary/aromatic N) is 2. The lowest BCUT2D eigenvalue weighted by molar-refractivity contribution is -0.137. The molecule has 0 saturated heterocycles. The lowest BCUT2D eigenvalue weighted by atomic mass is 10.1. The standard InChI is InChI=1S/C18H13F3N2O/c1-2-11-23-15-6-4-3-5-14(15)22-17(23)16(24)12-7-9-13(10-8-12)18(19,20)21/h2-10H,1,11H2. The number of ketones is 1. The fraction of sp³-hybridized carbons (Fsp3) is 0.111. The molecule has 3 rings (SSSR count). The van der Waals surface area contributed by atoms with E-state index < -0.39 is 17.5 Å². The molecule has 0 aliphatic carbocycles. The molecule has 1 aromatic heterocycles. The number of hydrogen-bond donors (Lipinski definition) is 0. The molecule has 0 radical (unpaired) electrons. The Morgan fingerprint density at radius 1 is 1.12 bits per heavy atom. The van der Waals surface area contributed by atoms with Crippen molar-refractivity contribution in [3.05, 3.63) is 78.1 Å². The Labute approximate surface area is 136 Å². The minimum absolute atomic E-state index is 0.156. The Morgan fingerprint density at radius 3 is 2.42 bits per heavy atom. The third-order valence-electron chi connectivity index (χ3n) is 3.64. The second-order valence-electron chi connectivity index (χ2n) is 5.23. The maximum absolute atomic E-state index is 12.7. The van der Waals surface area contributed by atoms with E-state index in [0.29, 0.717) is 12.1 Å². The van der Waals surface area contributed by atoms with Crippen molar-refractivity contribution < 1.29 is 18.0 Å². The summed E-state index contributed by atoms with van der Waals surface area (Å²) in [6, 6.07) is 11.4. The summed E-state index contributed by atoms with van der Waals surface area (Å²) < 4.78 is 39.6. The number of halogens is 3. The minimum Gasteiger partial charge on any atom is -0.317 e. The van der Waals surface area contributed by atoms with E-state index in [-0.39, 0.29) is 11.4 Å². The monoisotopic (exact) mass is 330 g/mol. The normalized spacial score (nSPS) is 11.6. The lowest BCUT2D eigenvalue weighted by Gasteiger charge is -2.08. The van der Waals surface area contributed by atoms with Gasteiger partial charge in [0.05, 0.1) is 16.6 Å². The van der Waals surface area contributed by atoms with Crippen LogP contribution < -0.4 is 0 Å². The second-order valence-corrected chi connectivity index (χ2v) is 5.23. The molecule has 0 unspecified atom stereocenters. The summed E-state index contributed by atoms with van der Waals surface area (Å²) in [6.45, 7) is 4.05. The van der Waals surface area contributed by atoms with Gasteiger partial charge < -0.3 is 4.57 Å². The highest BCUT2D eigenvalue weighted by atomic mass is 19.4. The summed E-state index contributed by atoms with van der Waals surface area (Å²) in [7, 11) is 0. The molecule has 0 bridgehead atoms. The molecular formula is C18H13F3N2O. The van der Waals surface area contributed by atoms with Crippen LogP contribution in [0, 0.1) is 0 Å². The van der Waals surface area contributed by atoms with Gasteiger partial charge in [-0.1, -0.05) is 30.3 Å². The van der Waals surface area contributed by atoms with Crippen LogP contribution in [-0.4, -0.2) is 15.3 Å². The van der Waals surface area contributed by atoms with E-state index in [0.717, 1.165) is 17.6 Å². The summed E-state index contributed by atoms with van der Waals surface area (Å²) in [5, 5.41) is 0. The SMILES string of the molecule is C=CCn1c(C(=O)c2ccc(C(F)(F)F)cc2)nc2ccccc21. The van der Waals surface area contributed by atoms with E-state index in [1.807, 2.05) is 12.1 Å². The third kappa shape index (κ3) is 2.82. The molecule has 0 fully saturated rings. The van der Waals surface area contributed by atoms with Crippen molar-refractivity contribution in [3.8, 4) is 0 Å². The van der Waals surface area contributed by atoms with E-state index in [2.05, 4.69) is 11.6 Å². The number of alkyl halides is 3. The predicted octanol–water partition coefficient (Wildman–Crippen LogP) is 4.47. The molecule has 2 aromatic carbocycles. The highest BCUT2D eigenvalue weighted by Gasteiger charge is 2.30. The average molecular weight is 330 g/mol. The van der Waals surface area contributed by atoms with Crippen LogP contribution in [0.1, 0.15) is 21.7 Å². The van der Waals surface area contributed by atoms with Crippen molar-refractivity contribution in [3.63, 3.8) is 0 Å². The number of fused-ring (bicyclic) bond motifs is 1. The highest BCUT2D eigenvalue weighted by Crippen LogP contribution is 2.29. The van der Waals surface area contributed by atoms with Crippen LogP contribution in [-0.2, 0) is 12.7 Å². The van der Waals surface area contributed by atoms with E-state index in [9.17, 15) is 18.0 Å². The van der Waals surface area contributed by atoms with Crippen LogP contribution in [0.5, 0.6) is 0 Å². The lowest BCUT2D eigenvalue weighted by Crippen LogP contribution is -2.12. The van der Waals surface area contributed by atoms with E-state index in [4.69, 9.17) is 0 Å². The van der Waals surface area contributed by atoms with Crippen LogP contribution in [0.25, 0.3) is 11.0 Å². The first-order valence-electron chi connectivity index (χ1n) is 7.20. The highest BCUT2D eigenvalue weighted by molar-refractivity contribution is 6.08. The van der Waals surface area contributed by atoms with Gasteiger partial charge in [0.25, 0.3) is 0 Å². The van der Waals surface area contributed by atoms with Gasteiger partial charge in [0.2, 0.25) is 5.78 Å². The summed E-state index contributed by atoms with van der Waals surface area (Å²) in [5.41, 5.74) is 0.782. The molecule has 122 valence electrons. The van der Waals surface area contributed by atoms with Crippen LogP contribution in [0.3, 0.4) is 0 Å². The summed E-state index contributed by atoms with van der Waals surface area (Å²) in [5.74, 6) is -0.252. The zero-order chi connectivity index (χ0) is 17.3. The Morgan fingerprint density at radius 2 is 1.79 bits per heavy atom. The van der Waals surface area contributed by atoms with Gasteiger partial charge in [-0.2, -0.15) is 13.2 Å². The minimum atomic E-state index is -4.43. The van der Waals surface area contributed by atoms with Crippen LogP contribution >= 0.6 is 0 Å². The zero-order valence-corrected chi connectivity index (χ0v) is 12.5. The first-order chi connectivity index (χ1) is 11.4. The fourth-order valence-corrected chi connectivity index (χ4v) is 2.50. The molecule has 0 N–H and O–H groups in total. The van der Waals surface area contributed by atoms with Gasteiger partial charge in [0, 0.05) is 12.1 Å². The molecule has 0 spiro atoms. The van der Waals surface area contributed by atoms with Crippen LogP contribution in [0.2, 0.25) is 0 Å². The van der Waals surface area contributed by atoms with E-state index >= 15 is 0 Å². The molecular weight excluding hydrogens is 317 g/mol. The topological polar surface area (TPSA) is 34.9 Å². The molecule has 6 heteroatoms. The Balaban J connectivity index is 2.05. The number of aromatic nitrogens is 2. The summed E-state index contributed by atoms with van der Waals surface area (Å²) >= 11 is 0. The zero-order valence-electron chi connectivity index (χ0n) is 12.5. The number of carbonyl (C=O) groups is 1. The van der Waals surface area contributed by atoms with Crippen molar-refractivity contribution in [1.82, 2.24) is 9.55 Å². The molecule has 24 heavy (non-hydrogen) atoms. The number of hydrogen-bond acceptors (Lipinski definition) is 2. The van der Waals surface area contributed by atoms with Crippen molar-refractivity contribution in [2.45, 2.75) is 12.7 Å². The molecule has 0 atom stereocenters. The van der Waals surface area contributed by atoms with Crippen molar-refractivity contribution in [2.24, 2.45) is 0 Å². The van der Waals surface area contributed by atoms with Gasteiger partial charge in [-0.25, -0.2) is 4.98 Å². The van der Waals surface area contributed by atoms with Crippen LogP contribution in [0.4, 0.5) is 13.2 Å². The van der Waals surface area contributed by atoms with Gasteiger partial charge in [-0.15, -0.1) is 6.58 Å². The largest absolute Gasteiger partial charge is 0.416 e. The Bertz CT molecular complexity index is 908. The van der Waals surface area contributed by atoms with Gasteiger partial charge in [0.15, 0.2) is 5.82 Å². The number of imidazole rings is 1. The third-order valence-corrected chi connectivity index (χ3v) is 3.64. The van der Waals surface area contributed by atoms with Crippen LogP contribution in [0.15, 0.2) is 61.2 Å². The van der Waals surface area contributed by atoms with Gasteiger partial charge in [0.1, 0.15) is 0 Å². The molecule has 0 aliphatic rings. The van der Waals surface area contributed by atoms with Gasteiger partial charge in [-0.05, 0) is 24.3 Å². The molecule has 0 amide bonds. The maximum Gasteiger partial charge on any atom is 0.416 e. The first-order valence-corrected chi connectivity index (χ1v) is 7.20. The first kappa shape index (κ1) is 16.0. The van der Waals surface area contributed by atoms with Gasteiger partial charge >= 0.3 is 6.18 Å². The Kier molecular flexibility index (Phi) is 3.97. The molecule has 0 saturated carbocycles. The average Bonchev–Trinajstić information content (AvgIpc) is 2.93. The predicted molar refractivity (Wildman–Crippen MR) is 84.8 cm³/mol. The number of rotatable bonds is 4. The number of benzene rings is 2. The van der Waals surface area contributed by atoms with E-state index in [1.54, 1.807) is 22.8 Å². The molecule has 1 heterocycles. The van der Waals surface area contributed by atoms with Crippen molar-refractivity contribution in [1.29, 1.82) is 0 Å². The Hall–Kier alpha value is -2.89. The number of allylic oxidation sites excluding steroid dienone is 1. The quantitative estimate of drug-likeness (QED) is 0.522. The van der Waals surface area contributed by atoms with Gasteiger partial charge in [-0.3, -0.25) is 4.79 Å². The molecule has 3 nitrogen and oxygen atoms in total. The van der Waals surface area contributed by atoms with Crippen molar-refractivity contribution in [2.75, 3.05) is 0 Å². The number of para-hydroxylation sites is 2. The second kappa shape index (κ2) is 5.96. The number of carbonyl (C=O) groups excluding carboxylic acids is 1. The molecule has 3 aromatic rings. The summed E-state index contributed by atoms with van der Waals surface area (Å²) in [6.07, 6.45) is -2.80. The smallest absolute Gasteiger partial charge is 0.317 e. The summed E-state index contributed by atoms with van der Waals surface area (Å²) in [4.78, 5) is 17.0. The van der Waals surface area contributed by atoms with Crippen molar-refractivity contribution >= 4 is 16.8 Å². The fourth-order valence-electron chi connectivity index (χ4n) is 2.50. The maximum atomic E-state index is 12.7.